The van der Waals surface area contributed by atoms with Gasteiger partial charge < -0.3 is 39.4 Å². The molecule has 0 aromatic rings. The Morgan fingerprint density at radius 2 is 1.24 bits per heavy atom. The molecule has 1 saturated heterocycles. The summed E-state index contributed by atoms with van der Waals surface area (Å²) in [5, 5.41) is 40.1. The summed E-state index contributed by atoms with van der Waals surface area (Å²) < 4.78 is 22.1. The highest BCUT2D eigenvalue weighted by molar-refractivity contribution is 5.95. The predicted molar refractivity (Wildman–Crippen MR) is 206 cm³/mol. The Morgan fingerprint density at radius 3 is 1.80 bits per heavy atom. The molecule has 0 amide bonds. The Hall–Kier alpha value is -3.00. The molecule has 55 heavy (non-hydrogen) atoms. The van der Waals surface area contributed by atoms with E-state index >= 15 is 0 Å². The van der Waals surface area contributed by atoms with Gasteiger partial charge >= 0.3 is 11.9 Å². The van der Waals surface area contributed by atoms with E-state index < -0.39 is 55.4 Å². The topological polar surface area (TPSA) is 186 Å². The maximum Gasteiger partial charge on any atom is 0.306 e. The third kappa shape index (κ3) is 16.2. The van der Waals surface area contributed by atoms with Crippen LogP contribution in [0.3, 0.4) is 0 Å². The molecule has 0 saturated carbocycles. The van der Waals surface area contributed by atoms with Crippen LogP contribution in [0.15, 0.2) is 48.6 Å². The molecular formula is C43H66O12. The number of ketones is 2. The maximum absolute atomic E-state index is 12.9. The molecule has 1 fully saturated rings. The number of esters is 2. The molecule has 1 heterocycles. The Bertz CT molecular complexity index is 1290. The summed E-state index contributed by atoms with van der Waals surface area (Å²) >= 11 is 0. The van der Waals surface area contributed by atoms with Crippen molar-refractivity contribution in [1.29, 1.82) is 0 Å². The zero-order chi connectivity index (χ0) is 40.0. The maximum atomic E-state index is 12.9. The zero-order valence-corrected chi connectivity index (χ0v) is 32.9. The van der Waals surface area contributed by atoms with Gasteiger partial charge in [-0.2, -0.15) is 0 Å². The first kappa shape index (κ1) is 46.4. The lowest BCUT2D eigenvalue weighted by Gasteiger charge is -2.39. The average Bonchev–Trinajstić information content (AvgIpc) is 3.71. The van der Waals surface area contributed by atoms with Crippen molar-refractivity contribution in [1.82, 2.24) is 0 Å². The van der Waals surface area contributed by atoms with Crippen molar-refractivity contribution in [3.63, 3.8) is 0 Å². The number of unbranched alkanes of at least 4 members (excludes halogenated alkanes) is 6. The van der Waals surface area contributed by atoms with Crippen LogP contribution in [-0.4, -0.2) is 101 Å². The number of rotatable bonds is 27. The molecule has 10 atom stereocenters. The van der Waals surface area contributed by atoms with Crippen LogP contribution in [-0.2, 0) is 38.1 Å². The highest BCUT2D eigenvalue weighted by Crippen LogP contribution is 2.32. The molecule has 0 bridgehead atoms. The van der Waals surface area contributed by atoms with Crippen molar-refractivity contribution in [3.8, 4) is 0 Å². The van der Waals surface area contributed by atoms with Crippen LogP contribution in [0.5, 0.6) is 0 Å². The minimum Gasteiger partial charge on any atom is -0.462 e. The van der Waals surface area contributed by atoms with Crippen molar-refractivity contribution in [3.05, 3.63) is 48.6 Å². The Morgan fingerprint density at radius 1 is 0.709 bits per heavy atom. The molecule has 1 aliphatic heterocycles. The normalized spacial score (nSPS) is 28.5. The summed E-state index contributed by atoms with van der Waals surface area (Å²) in [5.74, 6) is -0.0779. The minimum absolute atomic E-state index is 0.0236. The number of aliphatic hydroxyl groups is 4. The quantitative estimate of drug-likeness (QED) is 0.0474. The van der Waals surface area contributed by atoms with Crippen LogP contribution in [0.4, 0.5) is 0 Å². The summed E-state index contributed by atoms with van der Waals surface area (Å²) in [5.41, 5.74) is 0. The van der Waals surface area contributed by atoms with Gasteiger partial charge in [0.2, 0.25) is 0 Å². The SMILES string of the molecule is CC/C=C\CC1C(=O)C=CC1CCCCCCCC(=O)OC[C@H](CO[C@@H]1O[C@H](CO)[C@H](O)[C@H](O)[C@H]1O)OC(=O)CCCCCC1C=CC(=O)C1C/C=C\CC. The van der Waals surface area contributed by atoms with Crippen LogP contribution in [0.1, 0.15) is 117 Å². The smallest absolute Gasteiger partial charge is 0.306 e. The molecule has 0 spiro atoms. The number of hydrogen-bond acceptors (Lipinski definition) is 12. The van der Waals surface area contributed by atoms with Gasteiger partial charge in [0.25, 0.3) is 0 Å². The molecule has 4 N–H and O–H groups in total. The highest BCUT2D eigenvalue weighted by atomic mass is 16.7. The van der Waals surface area contributed by atoms with Crippen LogP contribution in [0.25, 0.3) is 0 Å². The standard InChI is InChI=1S/C43H66O12/c1-3-5-11-19-33-30(23-25-35(33)45)17-13-8-7-9-15-21-38(47)52-28-32(29-53-43-42(51)41(50)40(49)37(27-44)55-43)54-39(48)22-16-10-14-18-31-24-26-36(46)34(31)20-12-6-4-2/h5-6,11-12,23-26,30-34,37,40-44,49-51H,3-4,7-10,13-22,27-29H2,1-2H3/b11-5-,12-6-/t30?,31?,32-,33?,34?,37-,40+,41+,42-,43-/m1/s1. The fourth-order valence-electron chi connectivity index (χ4n) is 7.40. The molecule has 0 radical (unpaired) electrons. The minimum atomic E-state index is -1.63. The van der Waals surface area contributed by atoms with E-state index in [0.717, 1.165) is 77.0 Å². The highest BCUT2D eigenvalue weighted by Gasteiger charge is 2.44. The zero-order valence-electron chi connectivity index (χ0n) is 32.9. The van der Waals surface area contributed by atoms with E-state index in [4.69, 9.17) is 18.9 Å². The van der Waals surface area contributed by atoms with Crippen LogP contribution in [0.2, 0.25) is 0 Å². The molecule has 3 rings (SSSR count). The van der Waals surface area contributed by atoms with E-state index in [1.165, 1.54) is 0 Å². The van der Waals surface area contributed by atoms with Gasteiger partial charge in [-0.3, -0.25) is 19.2 Å². The Labute approximate surface area is 327 Å². The lowest BCUT2D eigenvalue weighted by atomic mass is 9.87. The van der Waals surface area contributed by atoms with Crippen molar-refractivity contribution in [2.45, 2.75) is 153 Å². The first-order valence-electron chi connectivity index (χ1n) is 20.6. The monoisotopic (exact) mass is 774 g/mol. The van der Waals surface area contributed by atoms with E-state index in [9.17, 15) is 39.6 Å². The molecule has 0 aromatic carbocycles. The predicted octanol–water partition coefficient (Wildman–Crippen LogP) is 5.39. The molecule has 4 unspecified atom stereocenters. The number of aliphatic hydroxyl groups excluding tert-OH is 4. The molecule has 12 nitrogen and oxygen atoms in total. The van der Waals surface area contributed by atoms with Crippen LogP contribution in [0, 0.1) is 23.7 Å². The fraction of sp³-hybridized carbons (Fsp3) is 0.721. The van der Waals surface area contributed by atoms with E-state index in [2.05, 4.69) is 38.2 Å². The van der Waals surface area contributed by atoms with Crippen LogP contribution < -0.4 is 0 Å². The van der Waals surface area contributed by atoms with Gasteiger partial charge in [0, 0.05) is 24.7 Å². The van der Waals surface area contributed by atoms with Crippen molar-refractivity contribution in [2.24, 2.45) is 23.7 Å². The van der Waals surface area contributed by atoms with E-state index in [-0.39, 0.29) is 61.3 Å². The molecule has 310 valence electrons. The fourth-order valence-corrected chi connectivity index (χ4v) is 7.40. The molecule has 3 aliphatic rings. The summed E-state index contributed by atoms with van der Waals surface area (Å²) in [6, 6.07) is 0. The Balaban J connectivity index is 1.39. The third-order valence-electron chi connectivity index (χ3n) is 10.7. The first-order chi connectivity index (χ1) is 26.6. The number of ether oxygens (including phenoxy) is 4. The van der Waals surface area contributed by atoms with Gasteiger partial charge in [0.1, 0.15) is 31.0 Å². The van der Waals surface area contributed by atoms with Crippen molar-refractivity contribution >= 4 is 23.5 Å². The first-order valence-corrected chi connectivity index (χ1v) is 20.6. The van der Waals surface area contributed by atoms with Gasteiger partial charge in [-0.15, -0.1) is 0 Å². The van der Waals surface area contributed by atoms with Crippen molar-refractivity contribution < 1.29 is 58.6 Å². The van der Waals surface area contributed by atoms with Crippen LogP contribution >= 0.6 is 0 Å². The van der Waals surface area contributed by atoms with Gasteiger partial charge in [0.05, 0.1) is 13.2 Å². The second-order valence-corrected chi connectivity index (χ2v) is 15.0. The third-order valence-corrected chi connectivity index (χ3v) is 10.7. The molecular weight excluding hydrogens is 708 g/mol. The second kappa shape index (κ2) is 26.0. The van der Waals surface area contributed by atoms with E-state index in [1.54, 1.807) is 12.2 Å². The van der Waals surface area contributed by atoms with Crippen molar-refractivity contribution in [2.75, 3.05) is 19.8 Å². The van der Waals surface area contributed by atoms with Gasteiger partial charge in [0.15, 0.2) is 24.0 Å². The number of carbonyl (C=O) groups is 4. The summed E-state index contributed by atoms with van der Waals surface area (Å²) in [6.45, 7) is 2.89. The van der Waals surface area contributed by atoms with Gasteiger partial charge in [-0.25, -0.2) is 0 Å². The average molecular weight is 775 g/mol. The van der Waals surface area contributed by atoms with Gasteiger partial charge in [-0.1, -0.05) is 88.8 Å². The molecule has 0 aromatic heterocycles. The summed E-state index contributed by atoms with van der Waals surface area (Å²) in [4.78, 5) is 50.0. The Kier molecular flexibility index (Phi) is 21.9. The lowest BCUT2D eigenvalue weighted by Crippen LogP contribution is -2.59. The largest absolute Gasteiger partial charge is 0.462 e. The summed E-state index contributed by atoms with van der Waals surface area (Å²) in [7, 11) is 0. The lowest BCUT2D eigenvalue weighted by molar-refractivity contribution is -0.305. The molecule has 12 heteroatoms. The van der Waals surface area contributed by atoms with E-state index in [1.807, 2.05) is 12.2 Å². The molecule has 2 aliphatic carbocycles. The van der Waals surface area contributed by atoms with Gasteiger partial charge in [-0.05, 0) is 75.4 Å². The second-order valence-electron chi connectivity index (χ2n) is 15.0. The number of hydrogen-bond donors (Lipinski definition) is 4. The number of carbonyl (C=O) groups excluding carboxylic acids is 4. The summed E-state index contributed by atoms with van der Waals surface area (Å²) in [6.07, 6.45) is 19.5. The number of allylic oxidation sites excluding steroid dienone is 8. The van der Waals surface area contributed by atoms with E-state index in [0.29, 0.717) is 12.8 Å².